The predicted molar refractivity (Wildman–Crippen MR) is 104 cm³/mol. The zero-order valence-corrected chi connectivity index (χ0v) is 17.2. The number of nitrogens with two attached hydrogens (primary N) is 2. The number of nitrogen functional groups attached to an aromatic ring is 1. The first-order chi connectivity index (χ1) is 14.2. The molecule has 0 unspecified atom stereocenters. The molecule has 2 heterocycles. The number of anilines is 2. The zero-order chi connectivity index (χ0) is 22.4. The molecule has 0 radical (unpaired) electrons. The van der Waals surface area contributed by atoms with Crippen molar-refractivity contribution in [3.8, 4) is 0 Å². The van der Waals surface area contributed by atoms with E-state index >= 15 is 0 Å². The lowest BCUT2D eigenvalue weighted by atomic mass is 10.1. The number of primary amides is 1. The second kappa shape index (κ2) is 9.78. The number of hydrogen-bond donors (Lipinski definition) is 3. The molecular weight excluding hydrogens is 420 g/mol. The summed E-state index contributed by atoms with van der Waals surface area (Å²) in [4.78, 5) is 47.8. The number of carbonyl (C=O) groups is 4. The average molecular weight is 440 g/mol. The normalized spacial score (nSPS) is 10.5. The van der Waals surface area contributed by atoms with Crippen molar-refractivity contribution in [3.63, 3.8) is 0 Å². The predicted octanol–water partition coefficient (Wildman–Crippen LogP) is -0.0589. The van der Waals surface area contributed by atoms with E-state index in [9.17, 15) is 19.2 Å². The van der Waals surface area contributed by atoms with E-state index in [4.69, 9.17) is 20.6 Å². The van der Waals surface area contributed by atoms with Gasteiger partial charge in [-0.1, -0.05) is 11.8 Å². The SMILES string of the molecule is CCOC(=O)c1c(C)oc(NC(=O)Cn2c(N)nnc2SCC(=O)OC)c1C(N)=O. The lowest BCUT2D eigenvalue weighted by Gasteiger charge is -2.08. The van der Waals surface area contributed by atoms with Gasteiger partial charge in [-0.2, -0.15) is 0 Å². The van der Waals surface area contributed by atoms with Crippen LogP contribution in [0.3, 0.4) is 0 Å². The monoisotopic (exact) mass is 440 g/mol. The van der Waals surface area contributed by atoms with Gasteiger partial charge in [-0.05, 0) is 13.8 Å². The maximum Gasteiger partial charge on any atom is 0.342 e. The summed E-state index contributed by atoms with van der Waals surface area (Å²) >= 11 is 0.969. The lowest BCUT2D eigenvalue weighted by Crippen LogP contribution is -2.23. The van der Waals surface area contributed by atoms with E-state index in [-0.39, 0.29) is 52.8 Å². The third-order valence-electron chi connectivity index (χ3n) is 3.66. The van der Waals surface area contributed by atoms with Gasteiger partial charge in [0.2, 0.25) is 17.7 Å². The minimum Gasteiger partial charge on any atom is -0.468 e. The minimum absolute atomic E-state index is 0.0516. The van der Waals surface area contributed by atoms with Gasteiger partial charge in [0.1, 0.15) is 23.4 Å². The Bertz CT molecular complexity index is 983. The summed E-state index contributed by atoms with van der Waals surface area (Å²) in [5.41, 5.74) is 10.6. The van der Waals surface area contributed by atoms with Crippen molar-refractivity contribution >= 4 is 47.3 Å². The molecule has 2 aromatic heterocycles. The number of methoxy groups -OCH3 is 1. The molecule has 0 saturated heterocycles. The second-order valence-corrected chi connectivity index (χ2v) is 6.60. The molecule has 162 valence electrons. The van der Waals surface area contributed by atoms with Crippen LogP contribution in [0.15, 0.2) is 9.57 Å². The maximum atomic E-state index is 12.5. The van der Waals surface area contributed by atoms with Crippen LogP contribution in [0, 0.1) is 6.92 Å². The van der Waals surface area contributed by atoms with Crippen LogP contribution in [0.2, 0.25) is 0 Å². The Labute approximate surface area is 174 Å². The number of carbonyl (C=O) groups excluding carboxylic acids is 4. The van der Waals surface area contributed by atoms with Gasteiger partial charge in [-0.3, -0.25) is 24.3 Å². The molecule has 30 heavy (non-hydrogen) atoms. The first-order valence-corrected chi connectivity index (χ1v) is 9.46. The van der Waals surface area contributed by atoms with E-state index < -0.39 is 23.8 Å². The van der Waals surface area contributed by atoms with Gasteiger partial charge in [-0.25, -0.2) is 4.79 Å². The van der Waals surface area contributed by atoms with Crippen LogP contribution >= 0.6 is 11.8 Å². The number of aryl methyl sites for hydroxylation is 1. The number of rotatable bonds is 9. The number of nitrogens with one attached hydrogen (secondary N) is 1. The molecule has 2 aromatic rings. The molecule has 13 nitrogen and oxygen atoms in total. The van der Waals surface area contributed by atoms with Crippen molar-refractivity contribution in [1.82, 2.24) is 14.8 Å². The number of amides is 2. The van der Waals surface area contributed by atoms with Crippen LogP contribution in [-0.4, -0.2) is 58.0 Å². The lowest BCUT2D eigenvalue weighted by molar-refractivity contribution is -0.137. The van der Waals surface area contributed by atoms with E-state index in [0.29, 0.717) is 0 Å². The average Bonchev–Trinajstić information content (AvgIpc) is 3.19. The Kier molecular flexibility index (Phi) is 7.41. The highest BCUT2D eigenvalue weighted by Crippen LogP contribution is 2.28. The Morgan fingerprint density at radius 3 is 2.53 bits per heavy atom. The smallest absolute Gasteiger partial charge is 0.342 e. The van der Waals surface area contributed by atoms with Crippen LogP contribution in [0.1, 0.15) is 33.4 Å². The molecule has 0 aliphatic carbocycles. The first kappa shape index (κ1) is 22.7. The number of ether oxygens (including phenoxy) is 2. The molecule has 5 N–H and O–H groups in total. The Balaban J connectivity index is 2.23. The molecule has 0 fully saturated rings. The topological polar surface area (TPSA) is 195 Å². The Morgan fingerprint density at radius 2 is 1.93 bits per heavy atom. The summed E-state index contributed by atoms with van der Waals surface area (Å²) in [7, 11) is 1.24. The Hall–Kier alpha value is -3.55. The fraction of sp³-hybridized carbons (Fsp3) is 0.375. The summed E-state index contributed by atoms with van der Waals surface area (Å²) in [6.45, 7) is 2.73. The molecule has 0 aromatic carbocycles. The van der Waals surface area contributed by atoms with Crippen molar-refractivity contribution in [2.75, 3.05) is 30.5 Å². The van der Waals surface area contributed by atoms with Crippen LogP contribution in [0.25, 0.3) is 0 Å². The summed E-state index contributed by atoms with van der Waals surface area (Å²) < 4.78 is 16.0. The Morgan fingerprint density at radius 1 is 1.23 bits per heavy atom. The molecule has 2 rings (SSSR count). The number of thioether (sulfide) groups is 1. The minimum atomic E-state index is -0.983. The largest absolute Gasteiger partial charge is 0.468 e. The highest BCUT2D eigenvalue weighted by Gasteiger charge is 2.29. The standard InChI is InChI=1S/C16H20N6O7S/c1-4-28-14(26)10-7(2)29-13(11(10)12(17)25)19-8(23)5-22-15(18)20-21-16(22)30-6-9(24)27-3/h4-6H2,1-3H3,(H2,17,25)(H2,18,20)(H,19,23). The fourth-order valence-corrected chi connectivity index (χ4v) is 3.14. The number of furan rings is 1. The van der Waals surface area contributed by atoms with Crippen molar-refractivity contribution in [3.05, 3.63) is 16.9 Å². The van der Waals surface area contributed by atoms with Gasteiger partial charge in [0.25, 0.3) is 5.91 Å². The van der Waals surface area contributed by atoms with Gasteiger partial charge in [0.15, 0.2) is 5.16 Å². The van der Waals surface area contributed by atoms with Crippen molar-refractivity contribution < 1.29 is 33.1 Å². The van der Waals surface area contributed by atoms with E-state index in [1.807, 2.05) is 0 Å². The summed E-state index contributed by atoms with van der Waals surface area (Å²) in [6, 6.07) is 0. The molecule has 0 spiro atoms. The quantitative estimate of drug-likeness (QED) is 0.349. The first-order valence-electron chi connectivity index (χ1n) is 8.47. The van der Waals surface area contributed by atoms with E-state index in [1.54, 1.807) is 6.92 Å². The number of esters is 2. The molecule has 0 bridgehead atoms. The van der Waals surface area contributed by atoms with Gasteiger partial charge in [0, 0.05) is 0 Å². The van der Waals surface area contributed by atoms with Gasteiger partial charge in [0.05, 0.1) is 19.5 Å². The fourth-order valence-electron chi connectivity index (χ4n) is 2.36. The van der Waals surface area contributed by atoms with Crippen molar-refractivity contribution in [2.24, 2.45) is 5.73 Å². The molecule has 0 saturated carbocycles. The third-order valence-corrected chi connectivity index (χ3v) is 4.60. The molecule has 0 aliphatic rings. The molecule has 0 atom stereocenters. The van der Waals surface area contributed by atoms with Crippen molar-refractivity contribution in [1.29, 1.82) is 0 Å². The van der Waals surface area contributed by atoms with Gasteiger partial charge in [-0.15, -0.1) is 10.2 Å². The maximum absolute atomic E-state index is 12.5. The van der Waals surface area contributed by atoms with Gasteiger partial charge < -0.3 is 25.4 Å². The molecule has 0 aliphatic heterocycles. The van der Waals surface area contributed by atoms with Crippen LogP contribution in [0.4, 0.5) is 11.8 Å². The summed E-state index contributed by atoms with van der Waals surface area (Å²) in [6.07, 6.45) is 0. The van der Waals surface area contributed by atoms with E-state index in [0.717, 1.165) is 11.8 Å². The highest BCUT2D eigenvalue weighted by atomic mass is 32.2. The summed E-state index contributed by atoms with van der Waals surface area (Å²) in [5.74, 6) is -3.35. The van der Waals surface area contributed by atoms with E-state index in [2.05, 4.69) is 20.3 Å². The van der Waals surface area contributed by atoms with E-state index in [1.165, 1.54) is 18.6 Å². The third kappa shape index (κ3) is 5.08. The van der Waals surface area contributed by atoms with Crippen LogP contribution < -0.4 is 16.8 Å². The zero-order valence-electron chi connectivity index (χ0n) is 16.4. The molecular formula is C16H20N6O7S. The summed E-state index contributed by atoms with van der Waals surface area (Å²) in [5, 5.41) is 10.0. The molecule has 2 amide bonds. The van der Waals surface area contributed by atoms with Crippen LogP contribution in [-0.2, 0) is 25.6 Å². The number of hydrogen-bond acceptors (Lipinski definition) is 11. The highest BCUT2D eigenvalue weighted by molar-refractivity contribution is 7.99. The van der Waals surface area contributed by atoms with Crippen molar-refractivity contribution in [2.45, 2.75) is 25.5 Å². The molecule has 14 heteroatoms. The van der Waals surface area contributed by atoms with Crippen LogP contribution in [0.5, 0.6) is 0 Å². The van der Waals surface area contributed by atoms with Gasteiger partial charge >= 0.3 is 11.9 Å². The second-order valence-electron chi connectivity index (χ2n) is 5.66. The number of aromatic nitrogens is 3. The number of nitrogens with zero attached hydrogens (tertiary/aromatic N) is 3.